The van der Waals surface area contributed by atoms with E-state index in [1.54, 1.807) is 23.2 Å². The smallest absolute Gasteiger partial charge is 0.230 e. The molecule has 1 amide bonds. The number of hydrogen-bond donors (Lipinski definition) is 1. The SMILES string of the molecule is Cn1cnnc1SCC(=O)NCc1ccco1. The zero-order chi connectivity index (χ0) is 12.1. The van der Waals surface area contributed by atoms with Crippen LogP contribution in [0.3, 0.4) is 0 Å². The summed E-state index contributed by atoms with van der Waals surface area (Å²) in [6.45, 7) is 0.408. The Morgan fingerprint density at radius 3 is 3.18 bits per heavy atom. The quantitative estimate of drug-likeness (QED) is 0.797. The van der Waals surface area contributed by atoms with E-state index in [2.05, 4.69) is 15.5 Å². The summed E-state index contributed by atoms with van der Waals surface area (Å²) >= 11 is 1.35. The molecule has 0 bridgehead atoms. The first-order valence-electron chi connectivity index (χ1n) is 5.01. The van der Waals surface area contributed by atoms with Crippen LogP contribution in [0.4, 0.5) is 0 Å². The lowest BCUT2D eigenvalue weighted by Gasteiger charge is -2.02. The lowest BCUT2D eigenvalue weighted by atomic mass is 10.4. The molecule has 7 heteroatoms. The van der Waals surface area contributed by atoms with E-state index in [4.69, 9.17) is 4.42 Å². The Bertz CT molecular complexity index is 480. The Kier molecular flexibility index (Phi) is 3.81. The summed E-state index contributed by atoms with van der Waals surface area (Å²) in [7, 11) is 1.84. The van der Waals surface area contributed by atoms with Crippen molar-refractivity contribution in [1.82, 2.24) is 20.1 Å². The number of aromatic nitrogens is 3. The van der Waals surface area contributed by atoms with Gasteiger partial charge < -0.3 is 14.3 Å². The molecule has 0 unspecified atom stereocenters. The largest absolute Gasteiger partial charge is 0.467 e. The van der Waals surface area contributed by atoms with E-state index in [1.165, 1.54) is 11.8 Å². The van der Waals surface area contributed by atoms with Crippen LogP contribution in [-0.4, -0.2) is 26.4 Å². The fourth-order valence-corrected chi connectivity index (χ4v) is 1.90. The van der Waals surface area contributed by atoms with Crippen molar-refractivity contribution in [3.05, 3.63) is 30.5 Å². The highest BCUT2D eigenvalue weighted by Gasteiger charge is 2.06. The minimum Gasteiger partial charge on any atom is -0.467 e. The van der Waals surface area contributed by atoms with Gasteiger partial charge in [-0.2, -0.15) is 0 Å². The lowest BCUT2D eigenvalue weighted by molar-refractivity contribution is -0.118. The van der Waals surface area contributed by atoms with Gasteiger partial charge in [0.15, 0.2) is 5.16 Å². The number of thioether (sulfide) groups is 1. The van der Waals surface area contributed by atoms with Crippen LogP contribution in [0, 0.1) is 0 Å². The second-order valence-electron chi connectivity index (χ2n) is 3.37. The van der Waals surface area contributed by atoms with Crippen molar-refractivity contribution in [1.29, 1.82) is 0 Å². The van der Waals surface area contributed by atoms with Crippen molar-refractivity contribution in [2.75, 3.05) is 5.75 Å². The number of nitrogens with zero attached hydrogens (tertiary/aromatic N) is 3. The zero-order valence-electron chi connectivity index (χ0n) is 9.29. The van der Waals surface area contributed by atoms with Gasteiger partial charge in [-0.25, -0.2) is 0 Å². The molecule has 0 aliphatic rings. The van der Waals surface area contributed by atoms with Crippen LogP contribution in [0.1, 0.15) is 5.76 Å². The van der Waals surface area contributed by atoms with Crippen LogP contribution in [-0.2, 0) is 18.4 Å². The van der Waals surface area contributed by atoms with Crippen molar-refractivity contribution < 1.29 is 9.21 Å². The van der Waals surface area contributed by atoms with E-state index in [0.29, 0.717) is 12.3 Å². The summed E-state index contributed by atoms with van der Waals surface area (Å²) in [5.74, 6) is 0.990. The maximum absolute atomic E-state index is 11.5. The predicted octanol–water partition coefficient (Wildman–Crippen LogP) is 0.817. The van der Waals surface area contributed by atoms with Crippen molar-refractivity contribution in [2.45, 2.75) is 11.7 Å². The number of hydrogen-bond acceptors (Lipinski definition) is 5. The van der Waals surface area contributed by atoms with Crippen LogP contribution in [0.5, 0.6) is 0 Å². The maximum Gasteiger partial charge on any atom is 0.230 e. The summed E-state index contributed by atoms with van der Waals surface area (Å²) in [4.78, 5) is 11.5. The first-order valence-corrected chi connectivity index (χ1v) is 6.00. The number of rotatable bonds is 5. The van der Waals surface area contributed by atoms with Gasteiger partial charge in [0.25, 0.3) is 0 Å². The van der Waals surface area contributed by atoms with E-state index in [-0.39, 0.29) is 5.91 Å². The van der Waals surface area contributed by atoms with Gasteiger partial charge in [0.05, 0.1) is 18.6 Å². The van der Waals surface area contributed by atoms with Gasteiger partial charge in [0.1, 0.15) is 12.1 Å². The highest BCUT2D eigenvalue weighted by atomic mass is 32.2. The Labute approximate surface area is 102 Å². The van der Waals surface area contributed by atoms with Crippen molar-refractivity contribution in [3.8, 4) is 0 Å². The third kappa shape index (κ3) is 3.35. The fourth-order valence-electron chi connectivity index (χ4n) is 1.18. The van der Waals surface area contributed by atoms with Crippen LogP contribution in [0.25, 0.3) is 0 Å². The Balaban J connectivity index is 1.73. The molecule has 0 atom stereocenters. The zero-order valence-corrected chi connectivity index (χ0v) is 10.1. The Morgan fingerprint density at radius 1 is 1.65 bits per heavy atom. The van der Waals surface area contributed by atoms with E-state index in [1.807, 2.05) is 13.1 Å². The van der Waals surface area contributed by atoms with Gasteiger partial charge in [-0.3, -0.25) is 4.79 Å². The van der Waals surface area contributed by atoms with Gasteiger partial charge in [-0.15, -0.1) is 10.2 Å². The number of carbonyl (C=O) groups excluding carboxylic acids is 1. The van der Waals surface area contributed by atoms with Crippen LogP contribution in [0.15, 0.2) is 34.3 Å². The third-order valence-corrected chi connectivity index (χ3v) is 3.08. The molecule has 0 aliphatic carbocycles. The maximum atomic E-state index is 11.5. The molecule has 90 valence electrons. The van der Waals surface area contributed by atoms with Gasteiger partial charge >= 0.3 is 0 Å². The molecule has 0 spiro atoms. The number of amides is 1. The van der Waals surface area contributed by atoms with Gasteiger partial charge in [-0.05, 0) is 12.1 Å². The molecule has 2 aromatic heterocycles. The first-order chi connectivity index (χ1) is 8.25. The molecule has 1 N–H and O–H groups in total. The number of carbonyl (C=O) groups is 1. The molecule has 2 rings (SSSR count). The fraction of sp³-hybridized carbons (Fsp3) is 0.300. The molecule has 2 aromatic rings. The minimum absolute atomic E-state index is 0.0607. The van der Waals surface area contributed by atoms with E-state index in [0.717, 1.165) is 10.9 Å². The topological polar surface area (TPSA) is 73.0 Å². The molecular formula is C10H12N4O2S. The second kappa shape index (κ2) is 5.53. The lowest BCUT2D eigenvalue weighted by Crippen LogP contribution is -2.24. The summed E-state index contributed by atoms with van der Waals surface area (Å²) in [6.07, 6.45) is 3.18. The molecule has 2 heterocycles. The molecule has 0 aliphatic heterocycles. The summed E-state index contributed by atoms with van der Waals surface area (Å²) in [5.41, 5.74) is 0. The molecular weight excluding hydrogens is 240 g/mol. The van der Waals surface area contributed by atoms with Gasteiger partial charge in [0, 0.05) is 7.05 Å². The summed E-state index contributed by atoms with van der Waals surface area (Å²) in [6, 6.07) is 3.60. The summed E-state index contributed by atoms with van der Waals surface area (Å²) < 4.78 is 6.87. The molecule has 0 saturated heterocycles. The molecule has 0 saturated carbocycles. The normalized spacial score (nSPS) is 10.4. The van der Waals surface area contributed by atoms with E-state index >= 15 is 0 Å². The monoisotopic (exact) mass is 252 g/mol. The average Bonchev–Trinajstić information content (AvgIpc) is 2.95. The van der Waals surface area contributed by atoms with Crippen LogP contribution < -0.4 is 5.32 Å². The number of aryl methyl sites for hydroxylation is 1. The second-order valence-corrected chi connectivity index (χ2v) is 4.31. The van der Waals surface area contributed by atoms with Gasteiger partial charge in [-0.1, -0.05) is 11.8 Å². The average molecular weight is 252 g/mol. The predicted molar refractivity (Wildman–Crippen MR) is 62.3 cm³/mol. The van der Waals surface area contributed by atoms with E-state index in [9.17, 15) is 4.79 Å². The molecule has 0 aromatic carbocycles. The Hall–Kier alpha value is -1.76. The van der Waals surface area contributed by atoms with Crippen molar-refractivity contribution in [3.63, 3.8) is 0 Å². The number of nitrogens with one attached hydrogen (secondary N) is 1. The van der Waals surface area contributed by atoms with Crippen molar-refractivity contribution in [2.24, 2.45) is 7.05 Å². The van der Waals surface area contributed by atoms with Crippen LogP contribution >= 0.6 is 11.8 Å². The van der Waals surface area contributed by atoms with E-state index < -0.39 is 0 Å². The highest BCUT2D eigenvalue weighted by Crippen LogP contribution is 2.12. The summed E-state index contributed by atoms with van der Waals surface area (Å²) in [5, 5.41) is 11.1. The number of furan rings is 1. The standard InChI is InChI=1S/C10H12N4O2S/c1-14-7-12-13-10(14)17-6-9(15)11-5-8-3-2-4-16-8/h2-4,7H,5-6H2,1H3,(H,11,15). The third-order valence-electron chi connectivity index (χ3n) is 2.04. The Morgan fingerprint density at radius 2 is 2.53 bits per heavy atom. The minimum atomic E-state index is -0.0607. The van der Waals surface area contributed by atoms with Crippen LogP contribution in [0.2, 0.25) is 0 Å². The molecule has 0 fully saturated rings. The molecule has 17 heavy (non-hydrogen) atoms. The van der Waals surface area contributed by atoms with Gasteiger partial charge in [0.2, 0.25) is 5.91 Å². The highest BCUT2D eigenvalue weighted by molar-refractivity contribution is 7.99. The van der Waals surface area contributed by atoms with Crippen molar-refractivity contribution >= 4 is 17.7 Å². The molecule has 6 nitrogen and oxygen atoms in total. The first kappa shape index (κ1) is 11.7. The molecule has 0 radical (unpaired) electrons.